The van der Waals surface area contributed by atoms with E-state index in [1.807, 2.05) is 6.92 Å². The van der Waals surface area contributed by atoms with Crippen LogP contribution in [0.1, 0.15) is 36.9 Å². The first kappa shape index (κ1) is 17.9. The Morgan fingerprint density at radius 2 is 1.73 bits per heavy atom. The lowest BCUT2D eigenvalue weighted by atomic mass is 9.95. The van der Waals surface area contributed by atoms with E-state index in [0.717, 1.165) is 12.8 Å². The van der Waals surface area contributed by atoms with E-state index in [2.05, 4.69) is 0 Å². The van der Waals surface area contributed by atoms with Gasteiger partial charge in [-0.1, -0.05) is 55.8 Å². The van der Waals surface area contributed by atoms with Crippen molar-refractivity contribution < 1.29 is 19.1 Å². The number of rotatable bonds is 5. The first-order valence-electron chi connectivity index (χ1n) is 8.64. The minimum absolute atomic E-state index is 0.0453. The molecule has 0 aromatic heterocycles. The number of ketones is 1. The molecule has 1 atom stereocenters. The normalized spacial score (nSPS) is 19.2. The highest BCUT2D eigenvalue weighted by atomic mass is 19.1. The van der Waals surface area contributed by atoms with Crippen LogP contribution < -0.4 is 0 Å². The molecule has 1 heterocycles. The lowest BCUT2D eigenvalue weighted by Crippen LogP contribution is -2.30. The standard InChI is InChI=1S/C21H20FNO3/c1-2-3-13-23-18(14-9-11-16(22)12-10-14)17(20(25)21(23)26)19(24)15-7-5-4-6-8-15/h4-12,18,24H,2-3,13H2,1H3/b19-17+. The first-order valence-corrected chi connectivity index (χ1v) is 8.64. The molecule has 134 valence electrons. The molecule has 1 fully saturated rings. The van der Waals surface area contributed by atoms with Gasteiger partial charge < -0.3 is 10.0 Å². The van der Waals surface area contributed by atoms with Gasteiger partial charge in [-0.3, -0.25) is 9.59 Å². The van der Waals surface area contributed by atoms with E-state index < -0.39 is 23.5 Å². The SMILES string of the molecule is CCCCN1C(=O)C(=O)/C(=C(/O)c2ccccc2)C1c1ccc(F)cc1. The lowest BCUT2D eigenvalue weighted by molar-refractivity contribution is -0.139. The Bertz CT molecular complexity index is 843. The van der Waals surface area contributed by atoms with Crippen LogP contribution in [-0.4, -0.2) is 28.2 Å². The number of unbranched alkanes of at least 4 members (excludes halogenated alkanes) is 1. The molecule has 0 radical (unpaired) electrons. The summed E-state index contributed by atoms with van der Waals surface area (Å²) >= 11 is 0. The fourth-order valence-corrected chi connectivity index (χ4v) is 3.18. The molecule has 5 heteroatoms. The molecule has 1 N–H and O–H groups in total. The van der Waals surface area contributed by atoms with Crippen molar-refractivity contribution in [2.45, 2.75) is 25.8 Å². The van der Waals surface area contributed by atoms with Gasteiger partial charge in [-0.15, -0.1) is 0 Å². The van der Waals surface area contributed by atoms with Crippen molar-refractivity contribution in [1.29, 1.82) is 0 Å². The van der Waals surface area contributed by atoms with E-state index in [-0.39, 0.29) is 11.3 Å². The van der Waals surface area contributed by atoms with Gasteiger partial charge in [0.2, 0.25) is 0 Å². The highest BCUT2D eigenvalue weighted by Gasteiger charge is 2.45. The second kappa shape index (κ2) is 7.52. The zero-order chi connectivity index (χ0) is 18.7. The molecule has 0 bridgehead atoms. The van der Waals surface area contributed by atoms with Crippen molar-refractivity contribution in [3.05, 3.63) is 77.1 Å². The van der Waals surface area contributed by atoms with Crippen molar-refractivity contribution in [3.63, 3.8) is 0 Å². The number of aliphatic hydroxyl groups excluding tert-OH is 1. The zero-order valence-corrected chi connectivity index (χ0v) is 14.5. The molecule has 1 aliphatic heterocycles. The van der Waals surface area contributed by atoms with E-state index in [0.29, 0.717) is 17.7 Å². The third-order valence-electron chi connectivity index (χ3n) is 4.53. The summed E-state index contributed by atoms with van der Waals surface area (Å²) in [6.45, 7) is 2.39. The number of hydrogen-bond acceptors (Lipinski definition) is 3. The molecule has 0 spiro atoms. The van der Waals surface area contributed by atoms with Crippen molar-refractivity contribution in [1.82, 2.24) is 4.90 Å². The van der Waals surface area contributed by atoms with Gasteiger partial charge in [-0.05, 0) is 24.1 Å². The number of carbonyl (C=O) groups excluding carboxylic acids is 2. The largest absolute Gasteiger partial charge is 0.507 e. The topological polar surface area (TPSA) is 57.6 Å². The Kier molecular flexibility index (Phi) is 5.16. The lowest BCUT2D eigenvalue weighted by Gasteiger charge is -2.25. The summed E-state index contributed by atoms with van der Waals surface area (Å²) in [5.41, 5.74) is 1.11. The molecule has 4 nitrogen and oxygen atoms in total. The number of benzene rings is 2. The number of halogens is 1. The van der Waals surface area contributed by atoms with E-state index >= 15 is 0 Å². The van der Waals surface area contributed by atoms with E-state index in [1.165, 1.54) is 17.0 Å². The smallest absolute Gasteiger partial charge is 0.295 e. The third kappa shape index (κ3) is 3.25. The van der Waals surface area contributed by atoms with Gasteiger partial charge in [0.05, 0.1) is 11.6 Å². The maximum Gasteiger partial charge on any atom is 0.295 e. The van der Waals surface area contributed by atoms with Crippen LogP contribution in [0.3, 0.4) is 0 Å². The molecule has 2 aromatic carbocycles. The Labute approximate surface area is 151 Å². The van der Waals surface area contributed by atoms with Gasteiger partial charge in [0.1, 0.15) is 11.6 Å². The number of likely N-dealkylation sites (tertiary alicyclic amines) is 1. The molecule has 1 unspecified atom stereocenters. The number of carbonyl (C=O) groups is 2. The summed E-state index contributed by atoms with van der Waals surface area (Å²) in [4.78, 5) is 26.7. The zero-order valence-electron chi connectivity index (χ0n) is 14.5. The van der Waals surface area contributed by atoms with Gasteiger partial charge in [-0.2, -0.15) is 0 Å². The number of hydrogen-bond donors (Lipinski definition) is 1. The number of Topliss-reactive ketones (excluding diaryl/α,β-unsaturated/α-hetero) is 1. The van der Waals surface area contributed by atoms with Gasteiger partial charge in [0, 0.05) is 12.1 Å². The average molecular weight is 353 g/mol. The molecule has 1 aliphatic rings. The molecule has 1 saturated heterocycles. The van der Waals surface area contributed by atoms with Crippen LogP contribution in [-0.2, 0) is 9.59 Å². The maximum atomic E-state index is 13.3. The van der Waals surface area contributed by atoms with Crippen LogP contribution in [0.25, 0.3) is 5.76 Å². The Hall–Kier alpha value is -2.95. The quantitative estimate of drug-likeness (QED) is 0.501. The Balaban J connectivity index is 2.15. The van der Waals surface area contributed by atoms with Crippen molar-refractivity contribution in [3.8, 4) is 0 Å². The van der Waals surface area contributed by atoms with Crippen molar-refractivity contribution >= 4 is 17.4 Å². The second-order valence-electron chi connectivity index (χ2n) is 6.26. The number of nitrogens with zero attached hydrogens (tertiary/aromatic N) is 1. The van der Waals surface area contributed by atoms with Crippen LogP contribution >= 0.6 is 0 Å². The maximum absolute atomic E-state index is 13.3. The first-order chi connectivity index (χ1) is 12.5. The summed E-state index contributed by atoms with van der Waals surface area (Å²) in [7, 11) is 0. The van der Waals surface area contributed by atoms with E-state index in [9.17, 15) is 19.1 Å². The monoisotopic (exact) mass is 353 g/mol. The van der Waals surface area contributed by atoms with Gasteiger partial charge in [-0.25, -0.2) is 4.39 Å². The molecular weight excluding hydrogens is 333 g/mol. The van der Waals surface area contributed by atoms with E-state index in [4.69, 9.17) is 0 Å². The predicted molar refractivity (Wildman–Crippen MR) is 96.8 cm³/mol. The molecule has 3 rings (SSSR count). The van der Waals surface area contributed by atoms with Gasteiger partial charge in [0.15, 0.2) is 0 Å². The van der Waals surface area contributed by atoms with Crippen molar-refractivity contribution in [2.24, 2.45) is 0 Å². The average Bonchev–Trinajstić information content (AvgIpc) is 2.91. The molecular formula is C21H20FNO3. The molecule has 2 aromatic rings. The number of aliphatic hydroxyl groups is 1. The summed E-state index contributed by atoms with van der Waals surface area (Å²) in [6.07, 6.45) is 1.59. The van der Waals surface area contributed by atoms with Crippen LogP contribution in [0.2, 0.25) is 0 Å². The summed E-state index contributed by atoms with van der Waals surface area (Å²) in [5, 5.41) is 10.7. The summed E-state index contributed by atoms with van der Waals surface area (Å²) in [6, 6.07) is 13.6. The minimum Gasteiger partial charge on any atom is -0.507 e. The molecule has 26 heavy (non-hydrogen) atoms. The van der Waals surface area contributed by atoms with Gasteiger partial charge in [0.25, 0.3) is 11.7 Å². The fraction of sp³-hybridized carbons (Fsp3) is 0.238. The Morgan fingerprint density at radius 3 is 2.35 bits per heavy atom. The van der Waals surface area contributed by atoms with Crippen LogP contribution in [0, 0.1) is 5.82 Å². The highest BCUT2D eigenvalue weighted by Crippen LogP contribution is 2.39. The number of amides is 1. The highest BCUT2D eigenvalue weighted by molar-refractivity contribution is 6.46. The summed E-state index contributed by atoms with van der Waals surface area (Å²) in [5.74, 6) is -1.96. The van der Waals surface area contributed by atoms with E-state index in [1.54, 1.807) is 42.5 Å². The van der Waals surface area contributed by atoms with Gasteiger partial charge >= 0.3 is 0 Å². The second-order valence-corrected chi connectivity index (χ2v) is 6.26. The predicted octanol–water partition coefficient (Wildman–Crippen LogP) is 4.05. The van der Waals surface area contributed by atoms with Crippen molar-refractivity contribution in [2.75, 3.05) is 6.54 Å². The van der Waals surface area contributed by atoms with Crippen LogP contribution in [0.5, 0.6) is 0 Å². The minimum atomic E-state index is -0.720. The fourth-order valence-electron chi connectivity index (χ4n) is 3.18. The van der Waals surface area contributed by atoms with Crippen LogP contribution in [0.15, 0.2) is 60.2 Å². The third-order valence-corrected chi connectivity index (χ3v) is 4.53. The van der Waals surface area contributed by atoms with Crippen LogP contribution in [0.4, 0.5) is 4.39 Å². The molecule has 0 aliphatic carbocycles. The Morgan fingerprint density at radius 1 is 1.08 bits per heavy atom. The summed E-state index contributed by atoms with van der Waals surface area (Å²) < 4.78 is 13.3. The molecule has 0 saturated carbocycles. The molecule has 1 amide bonds.